The van der Waals surface area contributed by atoms with Gasteiger partial charge in [-0.25, -0.2) is 0 Å². The van der Waals surface area contributed by atoms with Crippen LogP contribution in [0.2, 0.25) is 0 Å². The van der Waals surface area contributed by atoms with Crippen molar-refractivity contribution in [1.82, 2.24) is 0 Å². The van der Waals surface area contributed by atoms with Crippen LogP contribution >= 0.6 is 15.9 Å². The van der Waals surface area contributed by atoms with Crippen molar-refractivity contribution in [3.05, 3.63) is 27.7 Å². The molecule has 0 fully saturated rings. The van der Waals surface area contributed by atoms with Gasteiger partial charge in [-0.05, 0) is 51.0 Å². The second-order valence-corrected chi connectivity index (χ2v) is 5.64. The molecule has 0 bridgehead atoms. The molecule has 3 nitrogen and oxygen atoms in total. The summed E-state index contributed by atoms with van der Waals surface area (Å²) in [5.74, 6) is -0.152. The molecule has 0 aliphatic rings. The van der Waals surface area contributed by atoms with E-state index in [0.29, 0.717) is 5.75 Å². The fourth-order valence-corrected chi connectivity index (χ4v) is 1.54. The lowest BCUT2D eigenvalue weighted by Gasteiger charge is -2.20. The molecular formula is C13H17BrO3. The van der Waals surface area contributed by atoms with Crippen molar-refractivity contribution in [1.29, 1.82) is 0 Å². The molecule has 0 aromatic heterocycles. The Balaban J connectivity index is 2.81. The lowest BCUT2D eigenvalue weighted by molar-refractivity contribution is -0.148. The summed E-state index contributed by atoms with van der Waals surface area (Å²) >= 11 is 3.48. The van der Waals surface area contributed by atoms with Crippen LogP contribution in [0.5, 0.6) is 5.75 Å². The molecule has 1 aromatic rings. The number of halogens is 1. The summed E-state index contributed by atoms with van der Waals surface area (Å²) < 4.78 is 6.60. The molecule has 0 unspecified atom stereocenters. The predicted molar refractivity (Wildman–Crippen MR) is 70.5 cm³/mol. The SMILES string of the molecule is Cc1cc(OCC(C)(C)C(=O)O)cc(C)c1Br. The Morgan fingerprint density at radius 3 is 2.24 bits per heavy atom. The number of carbonyl (C=O) groups is 1. The molecule has 17 heavy (non-hydrogen) atoms. The number of rotatable bonds is 4. The van der Waals surface area contributed by atoms with E-state index >= 15 is 0 Å². The number of carboxylic acid groups (broad SMARTS) is 1. The molecular weight excluding hydrogens is 284 g/mol. The van der Waals surface area contributed by atoms with Gasteiger partial charge in [0.25, 0.3) is 0 Å². The quantitative estimate of drug-likeness (QED) is 0.925. The third-order valence-corrected chi connectivity index (χ3v) is 3.84. The second-order valence-electron chi connectivity index (χ2n) is 4.85. The Labute approximate surface area is 110 Å². The largest absolute Gasteiger partial charge is 0.492 e. The van der Waals surface area contributed by atoms with Crippen LogP contribution in [0.25, 0.3) is 0 Å². The summed E-state index contributed by atoms with van der Waals surface area (Å²) in [4.78, 5) is 10.9. The van der Waals surface area contributed by atoms with E-state index in [1.165, 1.54) is 0 Å². The van der Waals surface area contributed by atoms with Crippen LogP contribution in [0.1, 0.15) is 25.0 Å². The number of aliphatic carboxylic acids is 1. The molecule has 1 N–H and O–H groups in total. The van der Waals surface area contributed by atoms with E-state index in [0.717, 1.165) is 15.6 Å². The third-order valence-electron chi connectivity index (χ3n) is 2.59. The Morgan fingerprint density at radius 1 is 1.35 bits per heavy atom. The smallest absolute Gasteiger partial charge is 0.312 e. The maximum atomic E-state index is 10.9. The fourth-order valence-electron chi connectivity index (χ4n) is 1.31. The third kappa shape index (κ3) is 3.46. The van der Waals surface area contributed by atoms with Gasteiger partial charge < -0.3 is 9.84 Å². The van der Waals surface area contributed by atoms with Gasteiger partial charge in [0.2, 0.25) is 0 Å². The van der Waals surface area contributed by atoms with Crippen molar-refractivity contribution < 1.29 is 14.6 Å². The summed E-state index contributed by atoms with van der Waals surface area (Å²) in [5.41, 5.74) is 1.27. The summed E-state index contributed by atoms with van der Waals surface area (Å²) in [6.07, 6.45) is 0. The molecule has 0 heterocycles. The van der Waals surface area contributed by atoms with Crippen LogP contribution in [-0.2, 0) is 4.79 Å². The van der Waals surface area contributed by atoms with Crippen LogP contribution in [0.4, 0.5) is 0 Å². The van der Waals surface area contributed by atoms with Crippen LogP contribution in [0, 0.1) is 19.3 Å². The molecule has 0 saturated carbocycles. The summed E-state index contributed by atoms with van der Waals surface area (Å²) in [5, 5.41) is 8.99. The van der Waals surface area contributed by atoms with E-state index in [9.17, 15) is 4.79 Å². The summed E-state index contributed by atoms with van der Waals surface area (Å²) in [6.45, 7) is 7.41. The molecule has 1 aromatic carbocycles. The molecule has 0 amide bonds. The highest BCUT2D eigenvalue weighted by Crippen LogP contribution is 2.27. The van der Waals surface area contributed by atoms with Gasteiger partial charge >= 0.3 is 5.97 Å². The number of aryl methyl sites for hydroxylation is 2. The van der Waals surface area contributed by atoms with Gasteiger partial charge in [0.1, 0.15) is 12.4 Å². The first-order chi connectivity index (χ1) is 7.74. The van der Waals surface area contributed by atoms with Crippen molar-refractivity contribution in [2.75, 3.05) is 6.61 Å². The van der Waals surface area contributed by atoms with Crippen LogP contribution in [0.3, 0.4) is 0 Å². The first-order valence-corrected chi connectivity index (χ1v) is 6.16. The lowest BCUT2D eigenvalue weighted by Crippen LogP contribution is -2.30. The van der Waals surface area contributed by atoms with E-state index < -0.39 is 11.4 Å². The van der Waals surface area contributed by atoms with E-state index in [4.69, 9.17) is 9.84 Å². The van der Waals surface area contributed by atoms with E-state index in [-0.39, 0.29) is 6.61 Å². The first-order valence-electron chi connectivity index (χ1n) is 5.37. The first kappa shape index (κ1) is 14.0. The predicted octanol–water partition coefficient (Wildman–Crippen LogP) is 3.56. The van der Waals surface area contributed by atoms with Crippen LogP contribution < -0.4 is 4.74 Å². The van der Waals surface area contributed by atoms with E-state index in [2.05, 4.69) is 15.9 Å². The van der Waals surface area contributed by atoms with Crippen LogP contribution in [0.15, 0.2) is 16.6 Å². The zero-order valence-electron chi connectivity index (χ0n) is 10.5. The maximum absolute atomic E-state index is 10.9. The van der Waals surface area contributed by atoms with Gasteiger partial charge in [0, 0.05) is 4.47 Å². The Kier molecular flexibility index (Phi) is 4.20. The molecule has 4 heteroatoms. The Bertz CT molecular complexity index is 415. The molecule has 0 atom stereocenters. The minimum atomic E-state index is -0.880. The van der Waals surface area contributed by atoms with Gasteiger partial charge in [0.15, 0.2) is 0 Å². The monoisotopic (exact) mass is 300 g/mol. The Morgan fingerprint density at radius 2 is 1.82 bits per heavy atom. The maximum Gasteiger partial charge on any atom is 0.312 e. The van der Waals surface area contributed by atoms with Crippen molar-refractivity contribution in [3.8, 4) is 5.75 Å². The molecule has 0 radical (unpaired) electrons. The number of ether oxygens (including phenoxy) is 1. The molecule has 0 saturated heterocycles. The minimum absolute atomic E-state index is 0.156. The highest BCUT2D eigenvalue weighted by molar-refractivity contribution is 9.10. The van der Waals surface area contributed by atoms with Gasteiger partial charge in [-0.3, -0.25) is 4.79 Å². The van der Waals surface area contributed by atoms with Gasteiger partial charge in [-0.2, -0.15) is 0 Å². The summed E-state index contributed by atoms with van der Waals surface area (Å²) in [7, 11) is 0. The van der Waals surface area contributed by atoms with Crippen molar-refractivity contribution >= 4 is 21.9 Å². The standard InChI is InChI=1S/C13H17BrO3/c1-8-5-10(6-9(2)11(8)14)17-7-13(3,4)12(15)16/h5-6H,7H2,1-4H3,(H,15,16). The van der Waals surface area contributed by atoms with Crippen LogP contribution in [-0.4, -0.2) is 17.7 Å². The number of hydrogen-bond acceptors (Lipinski definition) is 2. The van der Waals surface area contributed by atoms with Crippen molar-refractivity contribution in [2.24, 2.45) is 5.41 Å². The average Bonchev–Trinajstić information content (AvgIpc) is 2.22. The average molecular weight is 301 g/mol. The minimum Gasteiger partial charge on any atom is -0.492 e. The molecule has 0 aliphatic heterocycles. The summed E-state index contributed by atoms with van der Waals surface area (Å²) in [6, 6.07) is 3.80. The zero-order valence-corrected chi connectivity index (χ0v) is 12.1. The lowest BCUT2D eigenvalue weighted by atomic mass is 9.95. The highest BCUT2D eigenvalue weighted by atomic mass is 79.9. The van der Waals surface area contributed by atoms with E-state index in [1.807, 2.05) is 26.0 Å². The zero-order chi connectivity index (χ0) is 13.2. The fraction of sp³-hybridized carbons (Fsp3) is 0.462. The highest BCUT2D eigenvalue weighted by Gasteiger charge is 2.28. The Hall–Kier alpha value is -1.03. The van der Waals surface area contributed by atoms with Crippen molar-refractivity contribution in [3.63, 3.8) is 0 Å². The topological polar surface area (TPSA) is 46.5 Å². The second kappa shape index (κ2) is 5.08. The van der Waals surface area contributed by atoms with Crippen molar-refractivity contribution in [2.45, 2.75) is 27.7 Å². The number of hydrogen-bond donors (Lipinski definition) is 1. The van der Waals surface area contributed by atoms with Gasteiger partial charge in [-0.15, -0.1) is 0 Å². The molecule has 0 spiro atoms. The molecule has 1 rings (SSSR count). The van der Waals surface area contributed by atoms with Gasteiger partial charge in [-0.1, -0.05) is 15.9 Å². The number of carboxylic acids is 1. The number of benzene rings is 1. The molecule has 94 valence electrons. The molecule has 0 aliphatic carbocycles. The normalized spacial score (nSPS) is 11.4. The van der Waals surface area contributed by atoms with E-state index in [1.54, 1.807) is 13.8 Å². The van der Waals surface area contributed by atoms with Gasteiger partial charge in [0.05, 0.1) is 5.41 Å².